The van der Waals surface area contributed by atoms with E-state index in [0.29, 0.717) is 6.54 Å². The highest BCUT2D eigenvalue weighted by molar-refractivity contribution is 7.85. The van der Waals surface area contributed by atoms with Crippen molar-refractivity contribution < 1.29 is 22.1 Å². The molecule has 0 aromatic carbocycles. The van der Waals surface area contributed by atoms with Crippen LogP contribution in [0.1, 0.15) is 40.0 Å². The van der Waals surface area contributed by atoms with Crippen LogP contribution in [0.15, 0.2) is 0 Å². The Labute approximate surface area is 115 Å². The van der Waals surface area contributed by atoms with Crippen molar-refractivity contribution in [3.63, 3.8) is 0 Å². The molecule has 0 unspecified atom stereocenters. The van der Waals surface area contributed by atoms with Crippen LogP contribution in [0.3, 0.4) is 0 Å². The van der Waals surface area contributed by atoms with Crippen LogP contribution in [0.5, 0.6) is 0 Å². The molecule has 1 aliphatic carbocycles. The van der Waals surface area contributed by atoms with Crippen LogP contribution in [-0.2, 0) is 19.0 Å². The fourth-order valence-corrected chi connectivity index (χ4v) is 2.32. The van der Waals surface area contributed by atoms with Gasteiger partial charge in [-0.2, -0.15) is 8.42 Å². The molecule has 0 heterocycles. The van der Waals surface area contributed by atoms with E-state index in [9.17, 15) is 13.2 Å². The number of nitrogens with one attached hydrogen (secondary N) is 1. The fourth-order valence-electron chi connectivity index (χ4n) is 1.85. The summed E-state index contributed by atoms with van der Waals surface area (Å²) in [7, 11) is -3.44. The zero-order chi connectivity index (χ0) is 14.7. The van der Waals surface area contributed by atoms with E-state index in [-0.39, 0.29) is 12.0 Å². The van der Waals surface area contributed by atoms with Crippen molar-refractivity contribution in [2.24, 2.45) is 5.41 Å². The molecule has 112 valence electrons. The van der Waals surface area contributed by atoms with Crippen molar-refractivity contribution in [2.75, 3.05) is 19.4 Å². The summed E-state index contributed by atoms with van der Waals surface area (Å²) in [5, 5.41) is 2.68. The van der Waals surface area contributed by atoms with Gasteiger partial charge in [-0.25, -0.2) is 4.79 Å². The normalized spacial score (nSPS) is 18.5. The molecule has 0 saturated heterocycles. The molecule has 0 atom stereocenters. The summed E-state index contributed by atoms with van der Waals surface area (Å²) in [4.78, 5) is 11.6. The van der Waals surface area contributed by atoms with Gasteiger partial charge >= 0.3 is 6.09 Å². The molecule has 1 aliphatic rings. The smallest absolute Gasteiger partial charge is 0.407 e. The van der Waals surface area contributed by atoms with Gasteiger partial charge in [-0.15, -0.1) is 0 Å². The van der Waals surface area contributed by atoms with Crippen LogP contribution in [0.2, 0.25) is 0 Å². The molecule has 1 rings (SSSR count). The number of hydrogen-bond acceptors (Lipinski definition) is 5. The zero-order valence-corrected chi connectivity index (χ0v) is 12.8. The maximum Gasteiger partial charge on any atom is 0.407 e. The van der Waals surface area contributed by atoms with Gasteiger partial charge in [-0.05, 0) is 33.6 Å². The molecule has 0 aromatic rings. The largest absolute Gasteiger partial charge is 0.444 e. The summed E-state index contributed by atoms with van der Waals surface area (Å²) in [6.07, 6.45) is 3.25. The van der Waals surface area contributed by atoms with Crippen LogP contribution in [-0.4, -0.2) is 39.5 Å². The second-order valence-corrected chi connectivity index (χ2v) is 7.82. The minimum Gasteiger partial charge on any atom is -0.444 e. The molecule has 0 radical (unpaired) electrons. The number of ether oxygens (including phenoxy) is 1. The van der Waals surface area contributed by atoms with Crippen molar-refractivity contribution >= 4 is 16.2 Å². The number of rotatable bonds is 5. The van der Waals surface area contributed by atoms with Gasteiger partial charge in [-0.3, -0.25) is 4.18 Å². The van der Waals surface area contributed by atoms with Crippen molar-refractivity contribution in [2.45, 2.75) is 45.6 Å². The Morgan fingerprint density at radius 2 is 1.89 bits per heavy atom. The Hall–Kier alpha value is -0.820. The van der Waals surface area contributed by atoms with E-state index in [4.69, 9.17) is 8.92 Å². The molecule has 0 aliphatic heterocycles. The molecule has 6 nitrogen and oxygen atoms in total. The number of carbonyl (C=O) groups is 1. The number of alkyl carbamates (subject to hydrolysis) is 1. The number of hydrogen-bond donors (Lipinski definition) is 1. The number of carbonyl (C=O) groups excluding carboxylic acids is 1. The highest BCUT2D eigenvalue weighted by atomic mass is 32.2. The Kier molecular flexibility index (Phi) is 4.84. The Balaban J connectivity index is 2.42. The van der Waals surface area contributed by atoms with Gasteiger partial charge in [0.1, 0.15) is 5.60 Å². The van der Waals surface area contributed by atoms with E-state index in [1.807, 2.05) is 0 Å². The summed E-state index contributed by atoms with van der Waals surface area (Å²) >= 11 is 0. The van der Waals surface area contributed by atoms with Gasteiger partial charge in [0, 0.05) is 12.0 Å². The molecule has 1 N–H and O–H groups in total. The first kappa shape index (κ1) is 16.2. The van der Waals surface area contributed by atoms with Crippen LogP contribution in [0.25, 0.3) is 0 Å². The van der Waals surface area contributed by atoms with Crippen molar-refractivity contribution in [1.82, 2.24) is 5.32 Å². The van der Waals surface area contributed by atoms with E-state index < -0.39 is 21.8 Å². The summed E-state index contributed by atoms with van der Waals surface area (Å²) < 4.78 is 32.0. The number of amides is 1. The lowest BCUT2D eigenvalue weighted by atomic mass is 9.69. The molecule has 0 aromatic heterocycles. The zero-order valence-electron chi connectivity index (χ0n) is 12.0. The minimum atomic E-state index is -3.44. The molecule has 0 bridgehead atoms. The predicted molar refractivity (Wildman–Crippen MR) is 71.3 cm³/mol. The highest BCUT2D eigenvalue weighted by Crippen LogP contribution is 2.40. The van der Waals surface area contributed by atoms with Crippen LogP contribution in [0.4, 0.5) is 4.79 Å². The molecule has 19 heavy (non-hydrogen) atoms. The van der Waals surface area contributed by atoms with E-state index in [2.05, 4.69) is 5.32 Å². The average Bonchev–Trinajstić information content (AvgIpc) is 2.10. The van der Waals surface area contributed by atoms with Gasteiger partial charge < -0.3 is 10.1 Å². The lowest BCUT2D eigenvalue weighted by Gasteiger charge is -2.41. The lowest BCUT2D eigenvalue weighted by Crippen LogP contribution is -2.46. The Morgan fingerprint density at radius 1 is 1.32 bits per heavy atom. The molecule has 1 fully saturated rings. The van der Waals surface area contributed by atoms with Crippen molar-refractivity contribution in [3.05, 3.63) is 0 Å². The Bertz CT molecular complexity index is 420. The second-order valence-electron chi connectivity index (χ2n) is 6.18. The first-order valence-electron chi connectivity index (χ1n) is 6.33. The molecule has 1 saturated carbocycles. The maximum atomic E-state index is 11.6. The van der Waals surface area contributed by atoms with Crippen LogP contribution >= 0.6 is 0 Å². The minimum absolute atomic E-state index is 0.113. The molecule has 7 heteroatoms. The van der Waals surface area contributed by atoms with E-state index in [0.717, 1.165) is 25.5 Å². The molecular weight excluding hydrogens is 270 g/mol. The standard InChI is InChI=1S/C12H23NO5S/c1-11(2,3)18-10(14)13-8-12(6-5-7-12)9-17-19(4,15)16/h5-9H2,1-4H3,(H,13,14). The van der Waals surface area contributed by atoms with E-state index in [1.165, 1.54) is 0 Å². The van der Waals surface area contributed by atoms with Gasteiger partial charge in [0.05, 0.1) is 12.9 Å². The van der Waals surface area contributed by atoms with Crippen molar-refractivity contribution in [3.8, 4) is 0 Å². The second kappa shape index (κ2) is 5.66. The monoisotopic (exact) mass is 293 g/mol. The summed E-state index contributed by atoms with van der Waals surface area (Å²) in [5.74, 6) is 0. The molecule has 0 spiro atoms. The Morgan fingerprint density at radius 3 is 2.26 bits per heavy atom. The summed E-state index contributed by atoms with van der Waals surface area (Å²) in [5.41, 5.74) is -0.819. The van der Waals surface area contributed by atoms with Gasteiger partial charge in [-0.1, -0.05) is 6.42 Å². The van der Waals surface area contributed by atoms with Crippen molar-refractivity contribution in [1.29, 1.82) is 0 Å². The third kappa shape index (κ3) is 6.24. The molecule has 1 amide bonds. The third-order valence-electron chi connectivity index (χ3n) is 3.00. The summed E-state index contributed by atoms with van der Waals surface area (Å²) in [6, 6.07) is 0. The average molecular weight is 293 g/mol. The van der Waals surface area contributed by atoms with Gasteiger partial charge in [0.25, 0.3) is 10.1 Å². The van der Waals surface area contributed by atoms with Gasteiger partial charge in [0.15, 0.2) is 0 Å². The SMILES string of the molecule is CC(C)(C)OC(=O)NCC1(COS(C)(=O)=O)CCC1. The van der Waals surface area contributed by atoms with E-state index in [1.54, 1.807) is 20.8 Å². The van der Waals surface area contributed by atoms with E-state index >= 15 is 0 Å². The van der Waals surface area contributed by atoms with Crippen LogP contribution in [0, 0.1) is 5.41 Å². The first-order chi connectivity index (χ1) is 8.52. The third-order valence-corrected chi connectivity index (χ3v) is 3.55. The topological polar surface area (TPSA) is 81.7 Å². The fraction of sp³-hybridized carbons (Fsp3) is 0.917. The van der Waals surface area contributed by atoms with Crippen LogP contribution < -0.4 is 5.32 Å². The summed E-state index contributed by atoms with van der Waals surface area (Å²) in [6.45, 7) is 5.86. The highest BCUT2D eigenvalue weighted by Gasteiger charge is 2.39. The predicted octanol–water partition coefficient (Wildman–Crippen LogP) is 1.66. The first-order valence-corrected chi connectivity index (χ1v) is 8.14. The quantitative estimate of drug-likeness (QED) is 0.780. The maximum absolute atomic E-state index is 11.6. The lowest BCUT2D eigenvalue weighted by molar-refractivity contribution is 0.0344. The molecular formula is C12H23NO5S. The van der Waals surface area contributed by atoms with Gasteiger partial charge in [0.2, 0.25) is 0 Å².